The van der Waals surface area contributed by atoms with Gasteiger partial charge in [-0.05, 0) is 0 Å². The molecule has 0 amide bonds. The van der Waals surface area contributed by atoms with Crippen molar-refractivity contribution in [3.63, 3.8) is 0 Å². The van der Waals surface area contributed by atoms with Crippen LogP contribution in [-0.4, -0.2) is 35.0 Å². The molecule has 0 fully saturated rings. The van der Waals surface area contributed by atoms with Crippen molar-refractivity contribution >= 4 is 18.7 Å². The van der Waals surface area contributed by atoms with E-state index >= 15 is 0 Å². The molecule has 0 aromatic rings. The van der Waals surface area contributed by atoms with Gasteiger partial charge in [0.2, 0.25) is 6.10 Å². The molecule has 0 aliphatic carbocycles. The molecule has 1 atom stereocenters. The van der Waals surface area contributed by atoms with Crippen LogP contribution in [0.2, 0.25) is 0 Å². The molecule has 0 radical (unpaired) electrons. The summed E-state index contributed by atoms with van der Waals surface area (Å²) < 4.78 is 0. The number of nitrogens with zero attached hydrogens (tertiary/aromatic N) is 1. The predicted octanol–water partition coefficient (Wildman–Crippen LogP) is -0.0634. The van der Waals surface area contributed by atoms with Crippen LogP contribution < -0.4 is 0 Å². The predicted molar refractivity (Wildman–Crippen MR) is 38.9 cm³/mol. The van der Waals surface area contributed by atoms with Crippen molar-refractivity contribution in [1.82, 2.24) is 0 Å². The van der Waals surface area contributed by atoms with Crippen LogP contribution in [0.5, 0.6) is 0 Å². The first-order chi connectivity index (χ1) is 5.57. The number of carboxylic acids is 2. The lowest BCUT2D eigenvalue weighted by molar-refractivity contribution is -0.151. The molecule has 12 heavy (non-hydrogen) atoms. The van der Waals surface area contributed by atoms with Gasteiger partial charge in [0.1, 0.15) is 0 Å². The maximum Gasteiger partial charge on any atom is 0.347 e. The van der Waals surface area contributed by atoms with E-state index in [1.54, 1.807) is 0 Å². The first-order valence-electron chi connectivity index (χ1n) is 3.14. The fourth-order valence-electron chi connectivity index (χ4n) is 0.566. The molecule has 68 valence electrons. The molecule has 1 unspecified atom stereocenters. The lowest BCUT2D eigenvalue weighted by Gasteiger charge is -2.07. The van der Waals surface area contributed by atoms with Crippen molar-refractivity contribution in [2.45, 2.75) is 18.9 Å². The fourth-order valence-corrected chi connectivity index (χ4v) is 0.566. The van der Waals surface area contributed by atoms with Crippen molar-refractivity contribution < 1.29 is 24.6 Å². The third kappa shape index (κ3) is 4.26. The van der Waals surface area contributed by atoms with Gasteiger partial charge < -0.3 is 15.1 Å². The van der Waals surface area contributed by atoms with Gasteiger partial charge >= 0.3 is 11.9 Å². The van der Waals surface area contributed by atoms with Gasteiger partial charge in [-0.2, -0.15) is 0 Å². The summed E-state index contributed by atoms with van der Waals surface area (Å²) >= 11 is 0. The number of hydrogen-bond acceptors (Lipinski definition) is 4. The van der Waals surface area contributed by atoms with Gasteiger partial charge in [0.25, 0.3) is 0 Å². The van der Waals surface area contributed by atoms with Gasteiger partial charge in [-0.25, -0.2) is 4.79 Å². The topological polar surface area (TPSA) is 96.2 Å². The standard InChI is InChI=1S/C6H9NO5/c1-7-12-4(6(10)11)2-3-5(8)9/h4H,1-3H2,(H,8,9)(H,10,11). The van der Waals surface area contributed by atoms with Gasteiger partial charge in [0, 0.05) is 19.6 Å². The van der Waals surface area contributed by atoms with E-state index < -0.39 is 18.0 Å². The zero-order valence-electron chi connectivity index (χ0n) is 6.27. The number of rotatable bonds is 6. The summed E-state index contributed by atoms with van der Waals surface area (Å²) in [5, 5.41) is 19.5. The highest BCUT2D eigenvalue weighted by Crippen LogP contribution is 2.02. The average Bonchev–Trinajstić information content (AvgIpc) is 1.96. The fraction of sp³-hybridized carbons (Fsp3) is 0.500. The van der Waals surface area contributed by atoms with E-state index in [0.29, 0.717) is 0 Å². The molecule has 6 nitrogen and oxygen atoms in total. The monoisotopic (exact) mass is 175 g/mol. The Morgan fingerprint density at radius 1 is 1.50 bits per heavy atom. The van der Waals surface area contributed by atoms with Crippen LogP contribution in [0, 0.1) is 0 Å². The van der Waals surface area contributed by atoms with Gasteiger partial charge in [-0.15, -0.1) is 5.16 Å². The second-order valence-corrected chi connectivity index (χ2v) is 1.99. The molecular formula is C6H9NO5. The maximum absolute atomic E-state index is 10.3. The Morgan fingerprint density at radius 2 is 2.08 bits per heavy atom. The number of carbonyl (C=O) groups is 2. The van der Waals surface area contributed by atoms with Crippen molar-refractivity contribution in [3.8, 4) is 0 Å². The molecule has 0 saturated carbocycles. The maximum atomic E-state index is 10.3. The number of oxime groups is 1. The van der Waals surface area contributed by atoms with Gasteiger partial charge in [-0.3, -0.25) is 4.79 Å². The van der Waals surface area contributed by atoms with E-state index in [2.05, 4.69) is 16.7 Å². The van der Waals surface area contributed by atoms with Gasteiger partial charge in [0.15, 0.2) is 0 Å². The molecule has 0 saturated heterocycles. The zero-order valence-corrected chi connectivity index (χ0v) is 6.27. The Bertz CT molecular complexity index is 190. The van der Waals surface area contributed by atoms with Crippen molar-refractivity contribution in [1.29, 1.82) is 0 Å². The van der Waals surface area contributed by atoms with Crippen LogP contribution in [-0.2, 0) is 14.4 Å². The minimum Gasteiger partial charge on any atom is -0.481 e. The van der Waals surface area contributed by atoms with Crippen molar-refractivity contribution in [2.75, 3.05) is 0 Å². The van der Waals surface area contributed by atoms with E-state index in [0.717, 1.165) is 0 Å². The van der Waals surface area contributed by atoms with Gasteiger partial charge in [-0.1, -0.05) is 0 Å². The van der Waals surface area contributed by atoms with E-state index in [1.807, 2.05) is 0 Å². The highest BCUT2D eigenvalue weighted by Gasteiger charge is 2.19. The quantitative estimate of drug-likeness (QED) is 0.435. The summed E-state index contributed by atoms with van der Waals surface area (Å²) in [5.74, 6) is -2.32. The summed E-state index contributed by atoms with van der Waals surface area (Å²) in [6.07, 6.45) is -1.62. The minimum absolute atomic E-state index is 0.121. The summed E-state index contributed by atoms with van der Waals surface area (Å²) in [4.78, 5) is 24.6. The lowest BCUT2D eigenvalue weighted by atomic mass is 10.2. The summed E-state index contributed by atoms with van der Waals surface area (Å²) in [5.41, 5.74) is 0. The SMILES string of the molecule is C=NOC(CCC(=O)O)C(=O)O. The summed E-state index contributed by atoms with van der Waals surface area (Å²) in [7, 11) is 0. The molecule has 0 spiro atoms. The highest BCUT2D eigenvalue weighted by atomic mass is 16.6. The van der Waals surface area contributed by atoms with Crippen LogP contribution in [0.3, 0.4) is 0 Å². The Labute approximate surface area is 68.4 Å². The van der Waals surface area contributed by atoms with Crippen molar-refractivity contribution in [3.05, 3.63) is 0 Å². The van der Waals surface area contributed by atoms with Crippen LogP contribution >= 0.6 is 0 Å². The average molecular weight is 175 g/mol. The Hall–Kier alpha value is -1.59. The molecule has 0 aromatic carbocycles. The van der Waals surface area contributed by atoms with Crippen LogP contribution in [0.25, 0.3) is 0 Å². The second kappa shape index (κ2) is 5.11. The Balaban J connectivity index is 3.86. The van der Waals surface area contributed by atoms with Gasteiger partial charge in [0.05, 0.1) is 0 Å². The Morgan fingerprint density at radius 3 is 2.42 bits per heavy atom. The summed E-state index contributed by atoms with van der Waals surface area (Å²) in [6, 6.07) is 0. The van der Waals surface area contributed by atoms with E-state index in [-0.39, 0.29) is 12.8 Å². The molecule has 0 heterocycles. The summed E-state index contributed by atoms with van der Waals surface area (Å²) in [6.45, 7) is 2.93. The third-order valence-electron chi connectivity index (χ3n) is 1.10. The molecule has 0 rings (SSSR count). The molecule has 0 bridgehead atoms. The largest absolute Gasteiger partial charge is 0.481 e. The molecule has 0 aromatic heterocycles. The van der Waals surface area contributed by atoms with Crippen LogP contribution in [0.15, 0.2) is 5.16 Å². The first-order valence-corrected chi connectivity index (χ1v) is 3.14. The van der Waals surface area contributed by atoms with E-state index in [9.17, 15) is 9.59 Å². The molecule has 2 N–H and O–H groups in total. The van der Waals surface area contributed by atoms with E-state index in [4.69, 9.17) is 10.2 Å². The van der Waals surface area contributed by atoms with Crippen LogP contribution in [0.4, 0.5) is 0 Å². The number of aliphatic carboxylic acids is 2. The normalized spacial score (nSPS) is 11.7. The number of hydrogen-bond donors (Lipinski definition) is 2. The molecule has 6 heteroatoms. The lowest BCUT2D eigenvalue weighted by Crippen LogP contribution is -2.22. The molecule has 0 aliphatic rings. The Kier molecular flexibility index (Phi) is 4.43. The smallest absolute Gasteiger partial charge is 0.347 e. The van der Waals surface area contributed by atoms with E-state index in [1.165, 1.54) is 0 Å². The third-order valence-corrected chi connectivity index (χ3v) is 1.10. The molecule has 0 aliphatic heterocycles. The van der Waals surface area contributed by atoms with Crippen molar-refractivity contribution in [2.24, 2.45) is 5.16 Å². The molecular weight excluding hydrogens is 166 g/mol. The second-order valence-electron chi connectivity index (χ2n) is 1.99. The highest BCUT2D eigenvalue weighted by molar-refractivity contribution is 5.74. The number of carboxylic acid groups (broad SMARTS) is 2. The first kappa shape index (κ1) is 10.4. The minimum atomic E-state index is -1.25. The van der Waals surface area contributed by atoms with Crippen LogP contribution in [0.1, 0.15) is 12.8 Å². The zero-order chi connectivity index (χ0) is 9.56.